The number of hydrogen-bond donors (Lipinski definition) is 4. The van der Waals surface area contributed by atoms with Crippen LogP contribution in [-0.4, -0.2) is 81.9 Å². The predicted octanol–water partition coefficient (Wildman–Crippen LogP) is 2.42. The Morgan fingerprint density at radius 2 is 1.63 bits per heavy atom. The molecule has 2 fully saturated rings. The molecule has 3 rings (SSSR count). The number of hydrogen-bond acceptors (Lipinski definition) is 7. The number of carbonyl (C=O) groups excluding carboxylic acids is 6. The van der Waals surface area contributed by atoms with Crippen molar-refractivity contribution in [2.45, 2.75) is 96.1 Å². The molecule has 0 spiro atoms. The Kier molecular flexibility index (Phi) is 11.8. The van der Waals surface area contributed by atoms with E-state index in [9.17, 15) is 28.8 Å². The van der Waals surface area contributed by atoms with Crippen LogP contribution in [0.25, 0.3) is 0 Å². The number of carbonyl (C=O) groups is 6. The van der Waals surface area contributed by atoms with Crippen LogP contribution in [0.5, 0.6) is 0 Å². The third-order valence-electron chi connectivity index (χ3n) is 7.75. The number of nitrogens with one attached hydrogen (secondary N) is 3. The topological polar surface area (TPSA) is 168 Å². The maximum atomic E-state index is 13.9. The summed E-state index contributed by atoms with van der Waals surface area (Å²) in [6.07, 6.45) is 3.09. The fourth-order valence-electron chi connectivity index (χ4n) is 4.94. The normalized spacial score (nSPS) is 18.8. The Bertz CT molecular complexity index is 1200. The van der Waals surface area contributed by atoms with Gasteiger partial charge >= 0.3 is 6.03 Å². The number of Topliss-reactive ketones (excluding diaryl/α,β-unsaturated/α-hetero) is 2. The highest BCUT2D eigenvalue weighted by atomic mass is 32.2. The minimum absolute atomic E-state index is 0.0528. The SMILES string of the molecule is CC(C)C(CC(=O)c1ccccc1)NC(=O)NC(C(=O)N1CCC[C@H]1C(=O)NC(CSC1CC1)C(=O)C(N)=O)C(C)(C)C. The van der Waals surface area contributed by atoms with Crippen LogP contribution in [0, 0.1) is 11.3 Å². The Morgan fingerprint density at radius 3 is 2.19 bits per heavy atom. The van der Waals surface area contributed by atoms with Gasteiger partial charge in [0.1, 0.15) is 18.1 Å². The third kappa shape index (κ3) is 9.80. The van der Waals surface area contributed by atoms with Gasteiger partial charge in [0.2, 0.25) is 17.6 Å². The first-order valence-corrected chi connectivity index (χ1v) is 15.9. The molecule has 5 N–H and O–H groups in total. The van der Waals surface area contributed by atoms with E-state index in [4.69, 9.17) is 5.73 Å². The van der Waals surface area contributed by atoms with Crippen molar-refractivity contribution >= 4 is 47.1 Å². The zero-order chi connectivity index (χ0) is 31.9. The number of thioether (sulfide) groups is 1. The average Bonchev–Trinajstić information content (AvgIpc) is 3.65. The highest BCUT2D eigenvalue weighted by Crippen LogP contribution is 2.34. The molecule has 1 aromatic carbocycles. The molecule has 1 aromatic rings. The lowest BCUT2D eigenvalue weighted by atomic mass is 9.85. The molecule has 3 unspecified atom stereocenters. The van der Waals surface area contributed by atoms with Crippen LogP contribution in [0.4, 0.5) is 4.79 Å². The van der Waals surface area contributed by atoms with Crippen molar-refractivity contribution in [2.24, 2.45) is 17.1 Å². The molecule has 2 aliphatic rings. The molecule has 1 saturated heterocycles. The molecule has 0 radical (unpaired) electrons. The maximum absolute atomic E-state index is 13.9. The van der Waals surface area contributed by atoms with Gasteiger partial charge in [0.25, 0.3) is 5.91 Å². The molecular formula is C31H45N5O6S. The molecule has 4 atom stereocenters. The summed E-state index contributed by atoms with van der Waals surface area (Å²) in [7, 11) is 0. The number of ketones is 2. The van der Waals surface area contributed by atoms with Crippen LogP contribution in [-0.2, 0) is 19.2 Å². The number of benzene rings is 1. The van der Waals surface area contributed by atoms with E-state index in [-0.39, 0.29) is 23.9 Å². The van der Waals surface area contributed by atoms with E-state index in [2.05, 4.69) is 16.0 Å². The summed E-state index contributed by atoms with van der Waals surface area (Å²) in [6.45, 7) is 9.56. The predicted molar refractivity (Wildman–Crippen MR) is 165 cm³/mol. The number of primary amides is 1. The fraction of sp³-hybridized carbons (Fsp3) is 0.613. The Balaban J connectivity index is 1.69. The molecule has 43 heavy (non-hydrogen) atoms. The van der Waals surface area contributed by atoms with Crippen molar-refractivity contribution in [3.63, 3.8) is 0 Å². The number of nitrogens with two attached hydrogens (primary N) is 1. The number of likely N-dealkylation sites (tertiary alicyclic amines) is 1. The molecule has 0 bridgehead atoms. The monoisotopic (exact) mass is 615 g/mol. The van der Waals surface area contributed by atoms with Gasteiger partial charge in [-0.05, 0) is 37.0 Å². The van der Waals surface area contributed by atoms with Gasteiger partial charge in [-0.1, -0.05) is 65.0 Å². The molecule has 1 aliphatic carbocycles. The van der Waals surface area contributed by atoms with Crippen molar-refractivity contribution in [3.05, 3.63) is 35.9 Å². The summed E-state index contributed by atoms with van der Waals surface area (Å²) in [4.78, 5) is 78.7. The van der Waals surface area contributed by atoms with Gasteiger partial charge in [-0.2, -0.15) is 11.8 Å². The number of urea groups is 1. The van der Waals surface area contributed by atoms with Gasteiger partial charge in [-0.25, -0.2) is 4.79 Å². The molecule has 1 aliphatic heterocycles. The largest absolute Gasteiger partial charge is 0.363 e. The highest BCUT2D eigenvalue weighted by molar-refractivity contribution is 8.00. The summed E-state index contributed by atoms with van der Waals surface area (Å²) in [6, 6.07) is 4.89. The molecule has 5 amide bonds. The Morgan fingerprint density at radius 1 is 0.977 bits per heavy atom. The van der Waals surface area contributed by atoms with Crippen LogP contribution < -0.4 is 21.7 Å². The summed E-state index contributed by atoms with van der Waals surface area (Å²) in [5, 5.41) is 8.74. The van der Waals surface area contributed by atoms with Crippen LogP contribution in [0.15, 0.2) is 30.3 Å². The van der Waals surface area contributed by atoms with Crippen molar-refractivity contribution in [2.75, 3.05) is 12.3 Å². The van der Waals surface area contributed by atoms with Crippen LogP contribution in [0.1, 0.15) is 77.1 Å². The first-order valence-electron chi connectivity index (χ1n) is 14.9. The van der Waals surface area contributed by atoms with Crippen molar-refractivity contribution in [1.82, 2.24) is 20.9 Å². The quantitative estimate of drug-likeness (QED) is 0.184. The van der Waals surface area contributed by atoms with Gasteiger partial charge in [0.15, 0.2) is 5.78 Å². The molecule has 0 aromatic heterocycles. The highest BCUT2D eigenvalue weighted by Gasteiger charge is 2.43. The van der Waals surface area contributed by atoms with E-state index in [1.165, 1.54) is 16.7 Å². The molecular weight excluding hydrogens is 570 g/mol. The summed E-state index contributed by atoms with van der Waals surface area (Å²) < 4.78 is 0. The van der Waals surface area contributed by atoms with Crippen LogP contribution in [0.3, 0.4) is 0 Å². The van der Waals surface area contributed by atoms with E-state index in [0.29, 0.717) is 30.2 Å². The zero-order valence-corrected chi connectivity index (χ0v) is 26.5. The van der Waals surface area contributed by atoms with E-state index in [1.807, 2.05) is 40.7 Å². The van der Waals surface area contributed by atoms with Gasteiger partial charge in [-0.3, -0.25) is 24.0 Å². The summed E-state index contributed by atoms with van der Waals surface area (Å²) in [5.41, 5.74) is 5.07. The molecule has 1 heterocycles. The van der Waals surface area contributed by atoms with Crippen LogP contribution in [0.2, 0.25) is 0 Å². The second kappa shape index (κ2) is 14.9. The molecule has 1 saturated carbocycles. The second-order valence-corrected chi connectivity index (χ2v) is 14.1. The minimum Gasteiger partial charge on any atom is -0.363 e. The lowest BCUT2D eigenvalue weighted by Gasteiger charge is -2.36. The third-order valence-corrected chi connectivity index (χ3v) is 9.22. The van der Waals surface area contributed by atoms with Gasteiger partial charge in [-0.15, -0.1) is 0 Å². The summed E-state index contributed by atoms with van der Waals surface area (Å²) >= 11 is 1.51. The standard InChI is InChI=1S/C31H45N5O6S/c1-18(2)21(16-24(37)19-10-7-6-8-11-19)34-30(42)35-26(31(3,4)5)29(41)36-15-9-12-23(36)28(40)33-22(25(38)27(32)39)17-43-20-13-14-20/h6-8,10-11,18,20-23,26H,9,12-17H2,1-5H3,(H2,32,39)(H,33,40)(H2,34,35,42)/t21?,22?,23-,26?/m0/s1. The number of amides is 5. The molecule has 236 valence electrons. The second-order valence-electron chi connectivity index (χ2n) is 12.8. The van der Waals surface area contributed by atoms with E-state index in [1.54, 1.807) is 24.3 Å². The molecule has 11 nitrogen and oxygen atoms in total. The molecule has 12 heteroatoms. The Labute approximate surface area is 257 Å². The maximum Gasteiger partial charge on any atom is 0.315 e. The lowest BCUT2D eigenvalue weighted by molar-refractivity contribution is -0.143. The fourth-order valence-corrected chi connectivity index (χ4v) is 6.11. The van der Waals surface area contributed by atoms with Crippen molar-refractivity contribution in [3.8, 4) is 0 Å². The average molecular weight is 616 g/mol. The van der Waals surface area contributed by atoms with E-state index >= 15 is 0 Å². The van der Waals surface area contributed by atoms with Crippen LogP contribution >= 0.6 is 11.8 Å². The Hall–Kier alpha value is -3.41. The number of rotatable bonds is 14. The first-order chi connectivity index (χ1) is 20.2. The minimum atomic E-state index is -1.12. The van der Waals surface area contributed by atoms with Gasteiger partial charge < -0.3 is 26.6 Å². The van der Waals surface area contributed by atoms with Crippen molar-refractivity contribution < 1.29 is 28.8 Å². The first kappa shape index (κ1) is 34.1. The van der Waals surface area contributed by atoms with Gasteiger partial charge in [0.05, 0.1) is 0 Å². The lowest BCUT2D eigenvalue weighted by Crippen LogP contribution is -2.61. The number of nitrogens with zero attached hydrogens (tertiary/aromatic N) is 1. The van der Waals surface area contributed by atoms with Gasteiger partial charge in [0, 0.05) is 35.6 Å². The van der Waals surface area contributed by atoms with E-state index < -0.39 is 59.1 Å². The van der Waals surface area contributed by atoms with Crippen molar-refractivity contribution in [1.29, 1.82) is 0 Å². The zero-order valence-electron chi connectivity index (χ0n) is 25.7. The smallest absolute Gasteiger partial charge is 0.315 e. The van der Waals surface area contributed by atoms with E-state index in [0.717, 1.165) is 12.8 Å². The summed E-state index contributed by atoms with van der Waals surface area (Å²) in [5.74, 6) is -2.86.